The van der Waals surface area contributed by atoms with E-state index in [-0.39, 0.29) is 0 Å². The molecule has 2 unspecified atom stereocenters. The summed E-state index contributed by atoms with van der Waals surface area (Å²) in [5.74, 6) is 0.837. The van der Waals surface area contributed by atoms with Crippen LogP contribution in [0.2, 0.25) is 0 Å². The Morgan fingerprint density at radius 1 is 1.50 bits per heavy atom. The summed E-state index contributed by atoms with van der Waals surface area (Å²) in [5, 5.41) is 5.82. The molecule has 2 rings (SSSR count). The monoisotopic (exact) mass is 209 g/mol. The molecule has 0 spiro atoms. The summed E-state index contributed by atoms with van der Waals surface area (Å²) in [6.45, 7) is 3.42. The second-order valence-electron chi connectivity index (χ2n) is 4.18. The molecule has 1 aromatic heterocycles. The van der Waals surface area contributed by atoms with E-state index in [1.54, 1.807) is 4.88 Å². The molecule has 0 saturated heterocycles. The van der Waals surface area contributed by atoms with Crippen molar-refractivity contribution in [3.8, 4) is 0 Å². The van der Waals surface area contributed by atoms with Crippen molar-refractivity contribution in [2.45, 2.75) is 44.6 Å². The number of nitrogens with one attached hydrogen (secondary N) is 1. The van der Waals surface area contributed by atoms with Crippen LogP contribution in [0.4, 0.5) is 0 Å². The summed E-state index contributed by atoms with van der Waals surface area (Å²) >= 11 is 1.92. The van der Waals surface area contributed by atoms with Crippen molar-refractivity contribution in [3.05, 3.63) is 22.4 Å². The Balaban J connectivity index is 1.83. The molecule has 0 aliphatic heterocycles. The van der Waals surface area contributed by atoms with Gasteiger partial charge in [0.25, 0.3) is 0 Å². The van der Waals surface area contributed by atoms with Crippen LogP contribution < -0.4 is 5.32 Å². The summed E-state index contributed by atoms with van der Waals surface area (Å²) in [6.07, 6.45) is 5.34. The second kappa shape index (κ2) is 4.94. The molecule has 1 nitrogen and oxygen atoms in total. The Morgan fingerprint density at radius 2 is 2.43 bits per heavy atom. The highest BCUT2D eigenvalue weighted by atomic mass is 32.1. The number of hydrogen-bond acceptors (Lipinski definition) is 2. The lowest BCUT2D eigenvalue weighted by Crippen LogP contribution is -2.26. The molecule has 1 aliphatic rings. The topological polar surface area (TPSA) is 12.0 Å². The van der Waals surface area contributed by atoms with E-state index < -0.39 is 0 Å². The maximum absolute atomic E-state index is 3.63. The first kappa shape index (κ1) is 10.2. The highest BCUT2D eigenvalue weighted by molar-refractivity contribution is 7.10. The zero-order valence-corrected chi connectivity index (χ0v) is 9.65. The van der Waals surface area contributed by atoms with Crippen LogP contribution in [0.5, 0.6) is 0 Å². The van der Waals surface area contributed by atoms with Gasteiger partial charge in [-0.05, 0) is 49.6 Å². The van der Waals surface area contributed by atoms with Crippen molar-refractivity contribution in [1.29, 1.82) is 0 Å². The van der Waals surface area contributed by atoms with Crippen molar-refractivity contribution in [2.75, 3.05) is 6.54 Å². The fourth-order valence-corrected chi connectivity index (χ4v) is 3.18. The van der Waals surface area contributed by atoms with Gasteiger partial charge in [0.2, 0.25) is 0 Å². The van der Waals surface area contributed by atoms with E-state index in [1.807, 2.05) is 11.3 Å². The van der Waals surface area contributed by atoms with Crippen LogP contribution in [0, 0.1) is 0 Å². The van der Waals surface area contributed by atoms with Gasteiger partial charge in [-0.2, -0.15) is 0 Å². The molecule has 1 N–H and O–H groups in total. The molecule has 0 amide bonds. The zero-order valence-electron chi connectivity index (χ0n) is 8.83. The average molecular weight is 209 g/mol. The molecule has 2 atom stereocenters. The van der Waals surface area contributed by atoms with Gasteiger partial charge in [-0.15, -0.1) is 11.3 Å². The standard InChI is InChI=1S/C12H19NS/c1-2-7-13-11-6-5-10(9-11)12-4-3-8-14-12/h3-4,8,10-11,13H,2,5-7,9H2,1H3. The van der Waals surface area contributed by atoms with Gasteiger partial charge >= 0.3 is 0 Å². The van der Waals surface area contributed by atoms with Gasteiger partial charge in [0, 0.05) is 10.9 Å². The van der Waals surface area contributed by atoms with Crippen molar-refractivity contribution in [2.24, 2.45) is 0 Å². The molecule has 1 aliphatic carbocycles. The van der Waals surface area contributed by atoms with Crippen LogP contribution in [-0.4, -0.2) is 12.6 Å². The maximum atomic E-state index is 3.63. The fourth-order valence-electron chi connectivity index (χ4n) is 2.30. The Labute approximate surface area is 90.5 Å². The smallest absolute Gasteiger partial charge is 0.00767 e. The first-order valence-corrected chi connectivity index (χ1v) is 6.55. The number of thiophene rings is 1. The van der Waals surface area contributed by atoms with Crippen molar-refractivity contribution >= 4 is 11.3 Å². The van der Waals surface area contributed by atoms with Gasteiger partial charge in [0.15, 0.2) is 0 Å². The van der Waals surface area contributed by atoms with E-state index >= 15 is 0 Å². The Hall–Kier alpha value is -0.340. The summed E-state index contributed by atoms with van der Waals surface area (Å²) in [5.41, 5.74) is 0. The van der Waals surface area contributed by atoms with Crippen LogP contribution in [0.15, 0.2) is 17.5 Å². The van der Waals surface area contributed by atoms with E-state index in [1.165, 1.54) is 32.2 Å². The lowest BCUT2D eigenvalue weighted by atomic mass is 10.1. The van der Waals surface area contributed by atoms with Gasteiger partial charge < -0.3 is 5.32 Å². The summed E-state index contributed by atoms with van der Waals surface area (Å²) in [7, 11) is 0. The largest absolute Gasteiger partial charge is 0.314 e. The van der Waals surface area contributed by atoms with Gasteiger partial charge in [-0.3, -0.25) is 0 Å². The third-order valence-electron chi connectivity index (χ3n) is 3.06. The molecule has 1 aromatic rings. The van der Waals surface area contributed by atoms with Gasteiger partial charge in [0.05, 0.1) is 0 Å². The molecule has 1 heterocycles. The highest BCUT2D eigenvalue weighted by Gasteiger charge is 2.25. The minimum Gasteiger partial charge on any atom is -0.314 e. The Kier molecular flexibility index (Phi) is 3.60. The summed E-state index contributed by atoms with van der Waals surface area (Å²) < 4.78 is 0. The minimum atomic E-state index is 0.780. The van der Waals surface area contributed by atoms with Gasteiger partial charge in [0.1, 0.15) is 0 Å². The minimum absolute atomic E-state index is 0.780. The highest BCUT2D eigenvalue weighted by Crippen LogP contribution is 2.36. The molecule has 1 fully saturated rings. The Morgan fingerprint density at radius 3 is 3.14 bits per heavy atom. The van der Waals surface area contributed by atoms with Crippen molar-refractivity contribution < 1.29 is 0 Å². The van der Waals surface area contributed by atoms with E-state index in [4.69, 9.17) is 0 Å². The molecule has 78 valence electrons. The van der Waals surface area contributed by atoms with E-state index in [2.05, 4.69) is 29.8 Å². The molecule has 1 saturated carbocycles. The predicted octanol–water partition coefficient (Wildman–Crippen LogP) is 3.38. The normalized spacial score (nSPS) is 26.9. The second-order valence-corrected chi connectivity index (χ2v) is 5.16. The quantitative estimate of drug-likeness (QED) is 0.801. The van der Waals surface area contributed by atoms with Crippen LogP contribution in [-0.2, 0) is 0 Å². The predicted molar refractivity (Wildman–Crippen MR) is 63.0 cm³/mol. The van der Waals surface area contributed by atoms with Crippen LogP contribution in [0.1, 0.15) is 43.4 Å². The molecular formula is C12H19NS. The van der Waals surface area contributed by atoms with E-state index in [0.29, 0.717) is 0 Å². The first-order valence-electron chi connectivity index (χ1n) is 5.67. The Bertz CT molecular complexity index is 255. The van der Waals surface area contributed by atoms with Crippen molar-refractivity contribution in [1.82, 2.24) is 5.32 Å². The van der Waals surface area contributed by atoms with Crippen LogP contribution in [0.3, 0.4) is 0 Å². The zero-order chi connectivity index (χ0) is 9.80. The lowest BCUT2D eigenvalue weighted by Gasteiger charge is -2.11. The van der Waals surface area contributed by atoms with Gasteiger partial charge in [-0.1, -0.05) is 13.0 Å². The van der Waals surface area contributed by atoms with Crippen molar-refractivity contribution in [3.63, 3.8) is 0 Å². The van der Waals surface area contributed by atoms with Crippen LogP contribution in [0.25, 0.3) is 0 Å². The molecule has 0 radical (unpaired) electrons. The SMILES string of the molecule is CCCNC1CCC(c2cccs2)C1. The molecule has 0 aromatic carbocycles. The number of hydrogen-bond donors (Lipinski definition) is 1. The molecule has 2 heteroatoms. The fraction of sp³-hybridized carbons (Fsp3) is 0.667. The lowest BCUT2D eigenvalue weighted by molar-refractivity contribution is 0.518. The van der Waals surface area contributed by atoms with Crippen LogP contribution >= 0.6 is 11.3 Å². The molecule has 0 bridgehead atoms. The van der Waals surface area contributed by atoms with E-state index in [9.17, 15) is 0 Å². The third kappa shape index (κ3) is 2.37. The first-order chi connectivity index (χ1) is 6.90. The molecule has 14 heavy (non-hydrogen) atoms. The van der Waals surface area contributed by atoms with E-state index in [0.717, 1.165) is 12.0 Å². The third-order valence-corrected chi connectivity index (χ3v) is 4.10. The average Bonchev–Trinajstić information content (AvgIpc) is 2.85. The number of rotatable bonds is 4. The summed E-state index contributed by atoms with van der Waals surface area (Å²) in [4.78, 5) is 1.59. The molecular weight excluding hydrogens is 190 g/mol. The van der Waals surface area contributed by atoms with Gasteiger partial charge in [-0.25, -0.2) is 0 Å². The maximum Gasteiger partial charge on any atom is 0.00767 e. The summed E-state index contributed by atoms with van der Waals surface area (Å²) in [6, 6.07) is 5.24.